The summed E-state index contributed by atoms with van der Waals surface area (Å²) in [6.07, 6.45) is 36.9. The number of H-pyrrole nitrogens is 2. The molecule has 25 rings (SSSR count). The number of aromatic nitrogens is 11. The minimum Gasteiger partial charge on any atom is -0.481 e. The van der Waals surface area contributed by atoms with Gasteiger partial charge in [-0.3, -0.25) is 24.4 Å². The van der Waals surface area contributed by atoms with E-state index in [2.05, 4.69) is 205 Å². The third-order valence-electron chi connectivity index (χ3n) is 21.1. The van der Waals surface area contributed by atoms with Gasteiger partial charge in [0.15, 0.2) is 0 Å². The Labute approximate surface area is 804 Å². The predicted octanol–water partition coefficient (Wildman–Crippen LogP) is 28.7. The number of thiazole rings is 1. The van der Waals surface area contributed by atoms with Crippen molar-refractivity contribution < 1.29 is 14.3 Å². The molecule has 2 atom stereocenters. The van der Waals surface area contributed by atoms with E-state index < -0.39 is 5.97 Å². The van der Waals surface area contributed by atoms with Gasteiger partial charge < -0.3 is 30.1 Å². The number of aliphatic carboxylic acids is 1. The molecule has 5 N–H and O–H groups in total. The lowest BCUT2D eigenvalue weighted by atomic mass is 9.80. The van der Waals surface area contributed by atoms with Gasteiger partial charge in [0.2, 0.25) is 0 Å². The van der Waals surface area contributed by atoms with Crippen LogP contribution in [0.4, 0.5) is 5.69 Å². The summed E-state index contributed by atoms with van der Waals surface area (Å²) < 4.78 is 8.08. The molecule has 11 heterocycles. The molecule has 688 valence electrons. The number of para-hydroxylation sites is 5. The van der Waals surface area contributed by atoms with E-state index in [1.165, 1.54) is 132 Å². The van der Waals surface area contributed by atoms with Gasteiger partial charge in [0.05, 0.1) is 52.1 Å². The maximum Gasteiger partial charge on any atom is 0.307 e. The Morgan fingerprint density at radius 1 is 0.426 bits per heavy atom. The number of aromatic amines is 2. The normalized spacial score (nSPS) is 12.7. The molecule has 0 radical (unpaired) electrons. The van der Waals surface area contributed by atoms with Crippen LogP contribution >= 0.6 is 11.3 Å². The smallest absolute Gasteiger partial charge is 0.307 e. The largest absolute Gasteiger partial charge is 0.481 e. The molecular weight excluding hydrogens is 1690 g/mol. The van der Waals surface area contributed by atoms with E-state index in [1.54, 1.807) is 71.9 Å². The number of furan rings is 1. The predicted molar refractivity (Wildman–Crippen MR) is 567 cm³/mol. The second-order valence-corrected chi connectivity index (χ2v) is 31.8. The third-order valence-corrected chi connectivity index (χ3v) is 21.9. The molecule has 136 heavy (non-hydrogen) atoms. The molecule has 18 heteroatoms. The van der Waals surface area contributed by atoms with Gasteiger partial charge in [-0.2, -0.15) is 0 Å². The maximum absolute atomic E-state index is 10.5. The average Bonchev–Trinajstić information content (AvgIpc) is 1.42. The van der Waals surface area contributed by atoms with Crippen molar-refractivity contribution >= 4 is 83.0 Å². The molecule has 0 amide bonds. The fourth-order valence-corrected chi connectivity index (χ4v) is 15.0. The number of imidazole rings is 1. The van der Waals surface area contributed by atoms with E-state index in [4.69, 9.17) is 9.52 Å². The molecule has 0 bridgehead atoms. The Balaban J connectivity index is 0.000000152. The molecule has 17 nitrogen and oxygen atoms in total. The van der Waals surface area contributed by atoms with E-state index in [0.717, 1.165) is 74.0 Å². The first-order chi connectivity index (χ1) is 66.8. The Hall–Kier alpha value is -15.9. The molecule has 21 aromatic rings. The van der Waals surface area contributed by atoms with Crippen molar-refractivity contribution in [2.45, 2.75) is 84.1 Å². The highest BCUT2D eigenvalue weighted by atomic mass is 32.1. The van der Waals surface area contributed by atoms with Crippen molar-refractivity contribution in [3.63, 3.8) is 0 Å². The number of benzene rings is 13. The SMILES string of the molecule is C.C1=Nc2ccccc2C1.C1CCC2NCCCC2C1.C1CCNCC1.Cn1cc(-c2ccccc2)nn1.O=C(O)Cc1ccc(-c2ccccc2)cc1.c1c[nH]cn1.c1ccc(-c2ccccc2)cc1.c1ccc2[nH]ccc2c1.c1ccc2ccccc2c1.c1ccc2ncccc2c1.c1ccc2occc2c1.c1ccc2scnc2c1.c1ccccc1.c1ccncc1.c1cncnc1. The lowest BCUT2D eigenvalue weighted by Crippen LogP contribution is -2.42. The quantitative estimate of drug-likeness (QED) is 0.108. The second-order valence-electron chi connectivity index (χ2n) is 30.9. The topological polar surface area (TPSA) is 226 Å². The summed E-state index contributed by atoms with van der Waals surface area (Å²) in [6.45, 7) is 3.78. The monoisotopic (exact) mass is 1810 g/mol. The van der Waals surface area contributed by atoms with Crippen LogP contribution in [0.3, 0.4) is 0 Å². The number of aliphatic imine (C=N–C) groups is 1. The zero-order chi connectivity index (χ0) is 93.4. The number of carboxylic acid groups (broad SMARTS) is 1. The number of hydrogen-bond donors (Lipinski definition) is 5. The van der Waals surface area contributed by atoms with Gasteiger partial charge in [0, 0.05) is 97.2 Å². The standard InChI is InChI=1S/C14H12O2.C12H10.C10H8.C9H9N3.C9H17N.C9H7N.2C8H7N.C8H6O.C7H5NS.C6H6.C5H11N.C5H5N.C4H4N2.C3H4N2.CH4/c15-14(16)10-11-6-8-13(9-7-11)12-4-2-1-3-5-12;1-3-7-11(8-4-1)12-9-5-2-6-10-12;1-2-6-10-8-4-3-7-9(10)5-1;1-12-7-9(10-11-12)8-5-3-2-4-6-8;2*1-2-6-9-8(4-1)5-3-7-10-9;3*1-2-4-8-7(3-1)5-6-9-8;1-2-4-7-6(3-1)8-5-9-7;3*1-2-4-6-5-3-1;1-2-5-4-6-3-1;1-2-5-3-4-1;/h1-9H,10H2,(H,15,16);1-10H;1-8H;2-7H,1H3;8-10H,1-7H2;1-7H;1-4,6H,5H2;1-6,9H;1-6H;1-5H;1-6H;6H,1-5H2;1-5H;1-4H;1-3H,(H,4,5);1H4. The van der Waals surface area contributed by atoms with Crippen LogP contribution in [0.5, 0.6) is 0 Å². The lowest BCUT2D eigenvalue weighted by molar-refractivity contribution is -0.136. The number of nitrogens with one attached hydrogen (secondary N) is 4. The molecule has 3 fully saturated rings. The van der Waals surface area contributed by atoms with Gasteiger partial charge in [-0.05, 0) is 186 Å². The fourth-order valence-electron chi connectivity index (χ4n) is 14.3. The van der Waals surface area contributed by atoms with E-state index in [0.29, 0.717) is 0 Å². The van der Waals surface area contributed by atoms with Crippen LogP contribution in [0.25, 0.3) is 87.3 Å². The number of hydrogen-bond acceptors (Lipinski definition) is 14. The highest BCUT2D eigenvalue weighted by Crippen LogP contribution is 2.31. The van der Waals surface area contributed by atoms with E-state index in [1.807, 2.05) is 292 Å². The molecule has 1 aliphatic carbocycles. The van der Waals surface area contributed by atoms with Crippen molar-refractivity contribution in [1.29, 1.82) is 0 Å². The van der Waals surface area contributed by atoms with Gasteiger partial charge in [-0.15, -0.1) is 16.4 Å². The Morgan fingerprint density at radius 2 is 0.949 bits per heavy atom. The number of aryl methyl sites for hydroxylation is 1. The third kappa shape index (κ3) is 39.7. The summed E-state index contributed by atoms with van der Waals surface area (Å²) in [5.41, 5.74) is 16.3. The summed E-state index contributed by atoms with van der Waals surface area (Å²) >= 11 is 1.68. The van der Waals surface area contributed by atoms with Crippen LogP contribution < -0.4 is 10.6 Å². The van der Waals surface area contributed by atoms with Gasteiger partial charge >= 0.3 is 5.97 Å². The number of nitrogens with zero attached hydrogens (tertiary/aromatic N) is 10. The first kappa shape index (κ1) is 102. The van der Waals surface area contributed by atoms with Crippen molar-refractivity contribution in [2.75, 3.05) is 19.6 Å². The summed E-state index contributed by atoms with van der Waals surface area (Å²) in [6, 6.07) is 134. The zero-order valence-electron chi connectivity index (χ0n) is 76.4. The molecule has 8 aromatic heterocycles. The number of piperidine rings is 2. The first-order valence-corrected chi connectivity index (χ1v) is 46.6. The summed E-state index contributed by atoms with van der Waals surface area (Å²) in [5, 5.41) is 29.7. The Morgan fingerprint density at radius 3 is 1.45 bits per heavy atom. The summed E-state index contributed by atoms with van der Waals surface area (Å²) in [4.78, 5) is 43.7. The molecule has 2 saturated heterocycles. The van der Waals surface area contributed by atoms with E-state index >= 15 is 0 Å². The Bertz CT molecular complexity index is 5900. The maximum atomic E-state index is 10.5. The van der Waals surface area contributed by atoms with Crippen LogP contribution in [0.1, 0.15) is 76.3 Å². The van der Waals surface area contributed by atoms with E-state index in [9.17, 15) is 4.79 Å². The van der Waals surface area contributed by atoms with E-state index in [-0.39, 0.29) is 13.8 Å². The minimum atomic E-state index is -0.799. The van der Waals surface area contributed by atoms with Crippen LogP contribution in [0, 0.1) is 5.92 Å². The fraction of sp³-hybridized carbons (Fsp3) is 0.153. The molecular formula is C118H122N14O3S. The second kappa shape index (κ2) is 63.3. The minimum absolute atomic E-state index is 0. The van der Waals surface area contributed by atoms with Gasteiger partial charge in [-0.25, -0.2) is 19.9 Å². The van der Waals surface area contributed by atoms with Crippen molar-refractivity contribution in [3.8, 4) is 33.5 Å². The van der Waals surface area contributed by atoms with Crippen molar-refractivity contribution in [3.05, 3.63) is 492 Å². The van der Waals surface area contributed by atoms with Crippen LogP contribution in [-0.4, -0.2) is 97.8 Å². The molecule has 2 unspecified atom stereocenters. The van der Waals surface area contributed by atoms with Gasteiger partial charge in [-0.1, -0.05) is 359 Å². The van der Waals surface area contributed by atoms with Crippen molar-refractivity contribution in [1.82, 2.24) is 65.5 Å². The van der Waals surface area contributed by atoms with Crippen LogP contribution in [0.15, 0.2) is 490 Å². The number of carbonyl (C=O) groups is 1. The highest BCUT2D eigenvalue weighted by Gasteiger charge is 2.26. The van der Waals surface area contributed by atoms with Gasteiger partial charge in [0.1, 0.15) is 17.6 Å². The van der Waals surface area contributed by atoms with Crippen LogP contribution in [-0.2, 0) is 24.7 Å². The lowest BCUT2D eigenvalue weighted by Gasteiger charge is -2.36. The number of carboxylic acids is 1. The zero-order valence-corrected chi connectivity index (χ0v) is 77.2. The van der Waals surface area contributed by atoms with Gasteiger partial charge in [0.25, 0.3) is 0 Å². The number of pyridine rings is 2. The highest BCUT2D eigenvalue weighted by molar-refractivity contribution is 7.16. The number of fused-ring (bicyclic) bond motifs is 7. The van der Waals surface area contributed by atoms with Crippen molar-refractivity contribution in [2.24, 2.45) is 18.0 Å². The van der Waals surface area contributed by atoms with Crippen LogP contribution in [0.2, 0.25) is 0 Å². The molecule has 0 spiro atoms. The summed E-state index contributed by atoms with van der Waals surface area (Å²) in [7, 11) is 1.86. The molecule has 4 aliphatic rings. The summed E-state index contributed by atoms with van der Waals surface area (Å²) in [5.74, 6) is 0.245. The number of rotatable bonds is 5. The average molecular weight is 1820 g/mol. The first-order valence-electron chi connectivity index (χ1n) is 45.7. The Kier molecular flexibility index (Phi) is 47.6. The molecule has 3 aliphatic heterocycles. The molecule has 13 aromatic carbocycles. The molecule has 1 saturated carbocycles.